The van der Waals surface area contributed by atoms with Gasteiger partial charge in [0, 0.05) is 6.20 Å². The second-order valence-electron chi connectivity index (χ2n) is 8.25. The summed E-state index contributed by atoms with van der Waals surface area (Å²) in [6.45, 7) is 1.59. The standard InChI is InChI=1S/C21H24ClFN3O7P/c1-11(12-5-3-2-4-6-12)7-14-16-13(23)8-26(19(16)25-21(22)24-14)20-18(28)17(27)15(33-20)9-32-10-34(29,30)31/h2-6,8,11,15,17-18,20,27-28H,7,9-10H2,1H3,(H2,29,30,31)/t11-,15+,17+,18+,20+/m0/s1. The SMILES string of the molecule is C[C@@H](Cc1nc(Cl)nc2c1c(F)cn2[C@@H]1O[C@H](COCP(=O)(O)O)[C@@H](O)[C@H]1O)c1ccccc1. The van der Waals surface area contributed by atoms with E-state index in [-0.39, 0.29) is 22.2 Å². The molecule has 184 valence electrons. The van der Waals surface area contributed by atoms with E-state index in [9.17, 15) is 14.8 Å². The molecule has 0 saturated carbocycles. The average molecular weight is 516 g/mol. The number of ether oxygens (including phenoxy) is 2. The van der Waals surface area contributed by atoms with Crippen molar-refractivity contribution in [3.05, 3.63) is 58.9 Å². The van der Waals surface area contributed by atoms with Gasteiger partial charge >= 0.3 is 7.60 Å². The highest BCUT2D eigenvalue weighted by atomic mass is 35.5. The van der Waals surface area contributed by atoms with Gasteiger partial charge in [-0.05, 0) is 29.5 Å². The molecule has 3 heterocycles. The third-order valence-corrected chi connectivity index (χ3v) is 6.38. The Morgan fingerprint density at radius 3 is 2.62 bits per heavy atom. The molecule has 5 atom stereocenters. The maximum Gasteiger partial charge on any atom is 0.350 e. The van der Waals surface area contributed by atoms with Gasteiger partial charge in [-0.15, -0.1) is 0 Å². The molecule has 0 radical (unpaired) electrons. The van der Waals surface area contributed by atoms with E-state index in [4.69, 9.17) is 30.9 Å². The largest absolute Gasteiger partial charge is 0.387 e. The Bertz CT molecular complexity index is 1210. The first-order valence-electron chi connectivity index (χ1n) is 10.5. The van der Waals surface area contributed by atoms with E-state index in [1.807, 2.05) is 37.3 Å². The van der Waals surface area contributed by atoms with Crippen LogP contribution in [0.15, 0.2) is 36.5 Å². The molecule has 1 fully saturated rings. The van der Waals surface area contributed by atoms with Crippen molar-refractivity contribution in [1.29, 1.82) is 0 Å². The molecule has 3 aromatic rings. The topological polar surface area (TPSA) is 147 Å². The number of halogens is 2. The van der Waals surface area contributed by atoms with Crippen molar-refractivity contribution >= 4 is 30.2 Å². The molecule has 1 aliphatic heterocycles. The van der Waals surface area contributed by atoms with Crippen LogP contribution >= 0.6 is 19.2 Å². The summed E-state index contributed by atoms with van der Waals surface area (Å²) in [5.74, 6) is -0.641. The van der Waals surface area contributed by atoms with Crippen LogP contribution in [0.4, 0.5) is 4.39 Å². The van der Waals surface area contributed by atoms with Crippen molar-refractivity contribution < 1.29 is 38.4 Å². The van der Waals surface area contributed by atoms with Crippen LogP contribution < -0.4 is 0 Å². The lowest BCUT2D eigenvalue weighted by Crippen LogP contribution is -2.33. The van der Waals surface area contributed by atoms with Crippen LogP contribution in [0.3, 0.4) is 0 Å². The molecule has 34 heavy (non-hydrogen) atoms. The van der Waals surface area contributed by atoms with Gasteiger partial charge in [0.2, 0.25) is 5.28 Å². The first kappa shape index (κ1) is 25.2. The van der Waals surface area contributed by atoms with Crippen molar-refractivity contribution in [3.63, 3.8) is 0 Å². The molecule has 4 N–H and O–H groups in total. The fraction of sp³-hybridized carbons (Fsp3) is 0.429. The molecule has 4 rings (SSSR count). The van der Waals surface area contributed by atoms with E-state index in [1.165, 1.54) is 4.57 Å². The van der Waals surface area contributed by atoms with Gasteiger partial charge in [0.1, 0.15) is 30.3 Å². The van der Waals surface area contributed by atoms with Gasteiger partial charge in [0.15, 0.2) is 12.0 Å². The van der Waals surface area contributed by atoms with Crippen LogP contribution in [-0.2, 0) is 20.5 Å². The molecular formula is C21H24ClFN3O7P. The minimum atomic E-state index is -4.41. The van der Waals surface area contributed by atoms with Crippen LogP contribution in [0.25, 0.3) is 11.0 Å². The van der Waals surface area contributed by atoms with E-state index in [1.54, 1.807) is 0 Å². The second kappa shape index (κ2) is 9.96. The molecule has 0 bridgehead atoms. The maximum absolute atomic E-state index is 15.1. The molecular weight excluding hydrogens is 492 g/mol. The molecule has 2 aromatic heterocycles. The lowest BCUT2D eigenvalue weighted by atomic mass is 9.95. The number of hydrogen-bond acceptors (Lipinski definition) is 7. The highest BCUT2D eigenvalue weighted by Crippen LogP contribution is 2.37. The average Bonchev–Trinajstić information content (AvgIpc) is 3.24. The molecule has 1 aliphatic rings. The number of aliphatic hydroxyl groups is 2. The van der Waals surface area contributed by atoms with E-state index in [2.05, 4.69) is 9.97 Å². The molecule has 10 nitrogen and oxygen atoms in total. The molecule has 0 amide bonds. The number of fused-ring (bicyclic) bond motifs is 1. The highest BCUT2D eigenvalue weighted by molar-refractivity contribution is 7.51. The van der Waals surface area contributed by atoms with Crippen molar-refractivity contribution in [3.8, 4) is 0 Å². The van der Waals surface area contributed by atoms with E-state index in [0.29, 0.717) is 12.1 Å². The van der Waals surface area contributed by atoms with Gasteiger partial charge in [-0.25, -0.2) is 9.37 Å². The third kappa shape index (κ3) is 5.32. The summed E-state index contributed by atoms with van der Waals surface area (Å²) < 4.78 is 37.9. The zero-order valence-electron chi connectivity index (χ0n) is 18.0. The minimum absolute atomic E-state index is 0.00353. The summed E-state index contributed by atoms with van der Waals surface area (Å²) >= 11 is 6.14. The van der Waals surface area contributed by atoms with Crippen molar-refractivity contribution in [2.24, 2.45) is 0 Å². The van der Waals surface area contributed by atoms with Crippen molar-refractivity contribution in [2.45, 2.75) is 43.8 Å². The van der Waals surface area contributed by atoms with Crippen LogP contribution in [-0.4, -0.2) is 65.8 Å². The van der Waals surface area contributed by atoms with Gasteiger partial charge in [-0.2, -0.15) is 4.98 Å². The number of benzene rings is 1. The molecule has 0 aliphatic carbocycles. The third-order valence-electron chi connectivity index (χ3n) is 5.69. The first-order chi connectivity index (χ1) is 16.0. The summed E-state index contributed by atoms with van der Waals surface area (Å²) in [4.78, 5) is 26.2. The fourth-order valence-electron chi connectivity index (χ4n) is 4.06. The van der Waals surface area contributed by atoms with Gasteiger partial charge < -0.3 is 34.0 Å². The number of rotatable bonds is 8. The fourth-order valence-corrected chi connectivity index (χ4v) is 4.58. The normalized spacial score (nSPS) is 24.1. The van der Waals surface area contributed by atoms with Gasteiger partial charge in [-0.1, -0.05) is 37.3 Å². The molecule has 13 heteroatoms. The Morgan fingerprint density at radius 1 is 1.24 bits per heavy atom. The lowest BCUT2D eigenvalue weighted by molar-refractivity contribution is -0.0612. The summed E-state index contributed by atoms with van der Waals surface area (Å²) in [5, 5.41) is 20.9. The van der Waals surface area contributed by atoms with Crippen LogP contribution in [0.5, 0.6) is 0 Å². The molecule has 0 unspecified atom stereocenters. The highest BCUT2D eigenvalue weighted by Gasteiger charge is 2.45. The van der Waals surface area contributed by atoms with Gasteiger partial charge in [0.25, 0.3) is 0 Å². The number of hydrogen-bond donors (Lipinski definition) is 4. The Hall–Kier alpha value is -1.95. The maximum atomic E-state index is 15.1. The van der Waals surface area contributed by atoms with Crippen molar-refractivity contribution in [2.75, 3.05) is 13.0 Å². The lowest BCUT2D eigenvalue weighted by Gasteiger charge is -2.18. The summed E-state index contributed by atoms with van der Waals surface area (Å²) in [6.07, 6.45) is -4.69. The molecule has 0 spiro atoms. The number of aromatic nitrogens is 3. The Kier molecular flexibility index (Phi) is 7.37. The summed E-state index contributed by atoms with van der Waals surface area (Å²) in [7, 11) is -4.41. The number of aliphatic hydroxyl groups excluding tert-OH is 2. The summed E-state index contributed by atoms with van der Waals surface area (Å²) in [6, 6.07) is 9.66. The molecule has 1 aromatic carbocycles. The zero-order valence-corrected chi connectivity index (χ0v) is 19.7. The van der Waals surface area contributed by atoms with E-state index < -0.39 is 50.9 Å². The van der Waals surface area contributed by atoms with Crippen LogP contribution in [0.1, 0.15) is 30.3 Å². The Morgan fingerprint density at radius 2 is 1.94 bits per heavy atom. The van der Waals surface area contributed by atoms with Crippen LogP contribution in [0.2, 0.25) is 5.28 Å². The first-order valence-corrected chi connectivity index (χ1v) is 12.6. The number of nitrogens with zero attached hydrogens (tertiary/aromatic N) is 3. The minimum Gasteiger partial charge on any atom is -0.387 e. The smallest absolute Gasteiger partial charge is 0.350 e. The Balaban J connectivity index is 1.62. The predicted molar refractivity (Wildman–Crippen MR) is 120 cm³/mol. The Labute approximate surface area is 199 Å². The van der Waals surface area contributed by atoms with Gasteiger partial charge in [0.05, 0.1) is 17.7 Å². The predicted octanol–water partition coefficient (Wildman–Crippen LogP) is 2.34. The second-order valence-corrected chi connectivity index (χ2v) is 10.2. The molecule has 1 saturated heterocycles. The van der Waals surface area contributed by atoms with E-state index in [0.717, 1.165) is 11.8 Å². The zero-order chi connectivity index (χ0) is 24.6. The van der Waals surface area contributed by atoms with Crippen LogP contribution in [0, 0.1) is 5.82 Å². The monoisotopic (exact) mass is 515 g/mol. The quantitative estimate of drug-likeness (QED) is 0.262. The van der Waals surface area contributed by atoms with Crippen molar-refractivity contribution in [1.82, 2.24) is 14.5 Å². The van der Waals surface area contributed by atoms with E-state index >= 15 is 4.39 Å². The van der Waals surface area contributed by atoms with Gasteiger partial charge in [-0.3, -0.25) is 4.57 Å². The summed E-state index contributed by atoms with van der Waals surface area (Å²) in [5.41, 5.74) is 1.51.